The number of unbranched alkanes of at least 4 members (excludes halogenated alkanes) is 3. The summed E-state index contributed by atoms with van der Waals surface area (Å²) >= 11 is 0. The van der Waals surface area contributed by atoms with Gasteiger partial charge in [-0.3, -0.25) is 4.79 Å². The average Bonchev–Trinajstić information content (AvgIpc) is 2.95. The van der Waals surface area contributed by atoms with Crippen LogP contribution in [0.25, 0.3) is 0 Å². The molecule has 230 valence electrons. The Morgan fingerprint density at radius 1 is 1.02 bits per heavy atom. The number of urea groups is 1. The number of β-lactam (4-membered cyclic amide) rings is 1. The SMILES string of the molecule is CCC[C@@H](NC(=O)N1C(=O)C(CC)(CC)[C@@H]1Oc1ccc(C(=O)O)c(CCCCCCN(C)C)c1)c1ccc(C)cc1. The molecule has 2 N–H and O–H groups in total. The number of imide groups is 1. The number of likely N-dealkylation sites (tertiary alicyclic amines) is 1. The van der Waals surface area contributed by atoms with Crippen LogP contribution in [0.1, 0.15) is 105 Å². The number of aromatic carboxylic acids is 1. The highest BCUT2D eigenvalue weighted by molar-refractivity contribution is 6.03. The van der Waals surface area contributed by atoms with E-state index in [0.717, 1.165) is 56.2 Å². The fraction of sp³-hybridized carbons (Fsp3) is 0.559. The van der Waals surface area contributed by atoms with E-state index < -0.39 is 23.6 Å². The second kappa shape index (κ2) is 15.2. The van der Waals surface area contributed by atoms with Gasteiger partial charge in [-0.15, -0.1) is 0 Å². The van der Waals surface area contributed by atoms with E-state index in [9.17, 15) is 19.5 Å². The van der Waals surface area contributed by atoms with Gasteiger partial charge in [-0.2, -0.15) is 0 Å². The Kier molecular flexibility index (Phi) is 12.0. The highest BCUT2D eigenvalue weighted by Crippen LogP contribution is 2.46. The predicted molar refractivity (Wildman–Crippen MR) is 166 cm³/mol. The van der Waals surface area contributed by atoms with Crippen molar-refractivity contribution in [1.82, 2.24) is 15.1 Å². The van der Waals surface area contributed by atoms with Gasteiger partial charge in [0.25, 0.3) is 0 Å². The number of rotatable bonds is 16. The van der Waals surface area contributed by atoms with Gasteiger partial charge >= 0.3 is 12.0 Å². The fourth-order valence-electron chi connectivity index (χ4n) is 5.81. The molecule has 0 aromatic heterocycles. The third-order valence-electron chi connectivity index (χ3n) is 8.54. The van der Waals surface area contributed by atoms with Crippen molar-refractivity contribution in [2.24, 2.45) is 5.41 Å². The number of carboxylic acids is 1. The fourth-order valence-corrected chi connectivity index (χ4v) is 5.81. The molecule has 1 saturated heterocycles. The van der Waals surface area contributed by atoms with E-state index in [0.29, 0.717) is 30.6 Å². The Labute approximate surface area is 251 Å². The minimum absolute atomic E-state index is 0.228. The molecule has 8 heteroatoms. The van der Waals surface area contributed by atoms with Gasteiger partial charge in [-0.1, -0.05) is 69.9 Å². The summed E-state index contributed by atoms with van der Waals surface area (Å²) in [5, 5.41) is 12.9. The molecule has 0 saturated carbocycles. The number of carbonyl (C=O) groups is 3. The molecule has 2 aromatic rings. The van der Waals surface area contributed by atoms with Crippen LogP contribution in [0.2, 0.25) is 0 Å². The molecule has 1 aliphatic heterocycles. The molecule has 1 fully saturated rings. The maximum atomic E-state index is 13.6. The minimum Gasteiger partial charge on any atom is -0.478 e. The van der Waals surface area contributed by atoms with Crippen molar-refractivity contribution in [2.45, 2.75) is 97.8 Å². The minimum atomic E-state index is -0.974. The highest BCUT2D eigenvalue weighted by Gasteiger charge is 2.63. The molecule has 3 rings (SSSR count). The quantitative estimate of drug-likeness (QED) is 0.165. The summed E-state index contributed by atoms with van der Waals surface area (Å²) in [5.41, 5.74) is 2.27. The topological polar surface area (TPSA) is 99.2 Å². The summed E-state index contributed by atoms with van der Waals surface area (Å²) in [6.07, 6.45) is 6.58. The van der Waals surface area contributed by atoms with E-state index in [1.165, 1.54) is 4.90 Å². The number of carbonyl (C=O) groups excluding carboxylic acids is 2. The Bertz CT molecular complexity index is 1210. The maximum Gasteiger partial charge on any atom is 0.335 e. The van der Waals surface area contributed by atoms with Crippen molar-refractivity contribution < 1.29 is 24.2 Å². The number of hydrogen-bond donors (Lipinski definition) is 2. The molecule has 0 bridgehead atoms. The van der Waals surface area contributed by atoms with Crippen LogP contribution < -0.4 is 10.1 Å². The number of nitrogens with one attached hydrogen (secondary N) is 1. The van der Waals surface area contributed by atoms with E-state index >= 15 is 0 Å². The molecule has 1 heterocycles. The maximum absolute atomic E-state index is 13.6. The first-order chi connectivity index (χ1) is 20.1. The summed E-state index contributed by atoms with van der Waals surface area (Å²) in [6, 6.07) is 12.3. The molecule has 0 unspecified atom stereocenters. The summed E-state index contributed by atoms with van der Waals surface area (Å²) in [4.78, 5) is 42.4. The number of ether oxygens (including phenoxy) is 1. The van der Waals surface area contributed by atoms with Crippen LogP contribution in [-0.2, 0) is 11.2 Å². The van der Waals surface area contributed by atoms with Crippen molar-refractivity contribution in [2.75, 3.05) is 20.6 Å². The summed E-state index contributed by atoms with van der Waals surface area (Å²) in [5.74, 6) is -0.749. The molecule has 3 amide bonds. The highest BCUT2D eigenvalue weighted by atomic mass is 16.5. The summed E-state index contributed by atoms with van der Waals surface area (Å²) < 4.78 is 6.41. The van der Waals surface area contributed by atoms with Crippen LogP contribution in [0.15, 0.2) is 42.5 Å². The van der Waals surface area contributed by atoms with Crippen LogP contribution in [0.5, 0.6) is 5.75 Å². The zero-order valence-corrected chi connectivity index (χ0v) is 26.2. The molecule has 0 spiro atoms. The Balaban J connectivity index is 1.80. The summed E-state index contributed by atoms with van der Waals surface area (Å²) in [6.45, 7) is 9.00. The lowest BCUT2D eigenvalue weighted by atomic mass is 9.72. The van der Waals surface area contributed by atoms with E-state index in [1.54, 1.807) is 18.2 Å². The first-order valence-corrected chi connectivity index (χ1v) is 15.5. The molecule has 1 aliphatic rings. The van der Waals surface area contributed by atoms with Gasteiger partial charge in [-0.25, -0.2) is 14.5 Å². The number of amides is 3. The predicted octanol–water partition coefficient (Wildman–Crippen LogP) is 6.96. The second-order valence-corrected chi connectivity index (χ2v) is 11.8. The van der Waals surface area contributed by atoms with Crippen molar-refractivity contribution >= 4 is 17.9 Å². The van der Waals surface area contributed by atoms with Gasteiger partial charge in [0.1, 0.15) is 11.2 Å². The van der Waals surface area contributed by atoms with Crippen molar-refractivity contribution in [3.63, 3.8) is 0 Å². The lowest BCUT2D eigenvalue weighted by Gasteiger charge is -2.53. The van der Waals surface area contributed by atoms with E-state index in [1.807, 2.05) is 45.0 Å². The van der Waals surface area contributed by atoms with Gasteiger partial charge in [0.2, 0.25) is 5.91 Å². The third kappa shape index (κ3) is 7.71. The lowest BCUT2D eigenvalue weighted by Crippen LogP contribution is -2.73. The standard InChI is InChI=1S/C34H49N3O5/c1-7-14-29(25-18-16-24(4)17-19-25)35-33(41)37-31(40)34(8-2,9-3)32(37)42-27-20-21-28(30(38)39)26(23-27)15-12-10-11-13-22-36(5)6/h16-21,23,29,32H,7-15,22H2,1-6H3,(H,35,41)(H,38,39)/t29-,32+/m1/s1. The second-order valence-electron chi connectivity index (χ2n) is 11.8. The van der Waals surface area contributed by atoms with Crippen molar-refractivity contribution in [3.05, 3.63) is 64.7 Å². The zero-order chi connectivity index (χ0) is 30.9. The molecule has 2 aromatic carbocycles. The van der Waals surface area contributed by atoms with Gasteiger partial charge in [0, 0.05) is 0 Å². The number of aryl methyl sites for hydroxylation is 2. The van der Waals surface area contributed by atoms with Crippen LogP contribution in [0.4, 0.5) is 4.79 Å². The van der Waals surface area contributed by atoms with Gasteiger partial charge < -0.3 is 20.1 Å². The van der Waals surface area contributed by atoms with Crippen LogP contribution in [0.3, 0.4) is 0 Å². The largest absolute Gasteiger partial charge is 0.478 e. The number of hydrogen-bond acceptors (Lipinski definition) is 5. The Hall–Kier alpha value is -3.39. The summed E-state index contributed by atoms with van der Waals surface area (Å²) in [7, 11) is 4.12. The molecular formula is C34H49N3O5. The Morgan fingerprint density at radius 3 is 2.29 bits per heavy atom. The smallest absolute Gasteiger partial charge is 0.335 e. The van der Waals surface area contributed by atoms with E-state index in [4.69, 9.17) is 4.74 Å². The average molecular weight is 580 g/mol. The Morgan fingerprint density at radius 2 is 1.69 bits per heavy atom. The van der Waals surface area contributed by atoms with Crippen LogP contribution in [-0.4, -0.2) is 59.7 Å². The molecule has 0 aliphatic carbocycles. The van der Waals surface area contributed by atoms with Gasteiger partial charge in [0.05, 0.1) is 11.6 Å². The van der Waals surface area contributed by atoms with Crippen molar-refractivity contribution in [3.8, 4) is 5.75 Å². The number of nitrogens with zero attached hydrogens (tertiary/aromatic N) is 2. The zero-order valence-electron chi connectivity index (χ0n) is 26.2. The molecule has 8 nitrogen and oxygen atoms in total. The van der Waals surface area contributed by atoms with E-state index in [-0.39, 0.29) is 17.5 Å². The monoisotopic (exact) mass is 579 g/mol. The molecule has 42 heavy (non-hydrogen) atoms. The molecule has 2 atom stereocenters. The molecule has 0 radical (unpaired) electrons. The number of benzene rings is 2. The lowest BCUT2D eigenvalue weighted by molar-refractivity contribution is -0.191. The van der Waals surface area contributed by atoms with Crippen LogP contribution >= 0.6 is 0 Å². The van der Waals surface area contributed by atoms with Gasteiger partial charge in [0.15, 0.2) is 6.23 Å². The normalized spacial score (nSPS) is 16.7. The molecular weight excluding hydrogens is 530 g/mol. The van der Waals surface area contributed by atoms with Gasteiger partial charge in [-0.05, 0) is 95.4 Å². The first kappa shape index (κ1) is 33.1. The number of carboxylic acid groups (broad SMARTS) is 1. The van der Waals surface area contributed by atoms with E-state index in [2.05, 4.69) is 31.2 Å². The first-order valence-electron chi connectivity index (χ1n) is 15.5. The van der Waals surface area contributed by atoms with Crippen LogP contribution in [0, 0.1) is 12.3 Å². The van der Waals surface area contributed by atoms with Crippen molar-refractivity contribution in [1.29, 1.82) is 0 Å². The third-order valence-corrected chi connectivity index (χ3v) is 8.54.